The molecule has 0 aromatic heterocycles. The Morgan fingerprint density at radius 3 is 2.79 bits per heavy atom. The molecule has 0 atom stereocenters. The third-order valence-corrected chi connectivity index (χ3v) is 3.49. The fraction of sp³-hybridized carbons (Fsp3) is 0.467. The summed E-state index contributed by atoms with van der Waals surface area (Å²) in [4.78, 5) is 10.9. The minimum Gasteiger partial charge on any atom is -0.492 e. The highest BCUT2D eigenvalue weighted by molar-refractivity contribution is 9.10. The average molecular weight is 324 g/mol. The van der Waals surface area contributed by atoms with E-state index in [0.717, 1.165) is 30.0 Å². The molecule has 0 aliphatic carbocycles. The lowest BCUT2D eigenvalue weighted by Gasteiger charge is -2.15. The number of ether oxygens (including phenoxy) is 1. The number of unbranched alkanes of at least 4 members (excludes halogenated alkanes) is 1. The SMILES string of the molecule is CC(C)(C#N)CCCCOc1c(Br)cccc1C=O. The highest BCUT2D eigenvalue weighted by atomic mass is 79.9. The number of nitrogens with zero attached hydrogens (tertiary/aromatic N) is 1. The molecule has 0 radical (unpaired) electrons. The molecule has 19 heavy (non-hydrogen) atoms. The molecule has 1 rings (SSSR count). The number of hydrogen-bond acceptors (Lipinski definition) is 3. The van der Waals surface area contributed by atoms with Crippen LogP contribution in [0.3, 0.4) is 0 Å². The zero-order valence-corrected chi connectivity index (χ0v) is 12.9. The summed E-state index contributed by atoms with van der Waals surface area (Å²) in [6.07, 6.45) is 3.44. The van der Waals surface area contributed by atoms with E-state index >= 15 is 0 Å². The molecule has 0 N–H and O–H groups in total. The lowest BCUT2D eigenvalue weighted by atomic mass is 9.89. The maximum Gasteiger partial charge on any atom is 0.153 e. The van der Waals surface area contributed by atoms with Gasteiger partial charge in [0.15, 0.2) is 6.29 Å². The van der Waals surface area contributed by atoms with Crippen molar-refractivity contribution in [3.8, 4) is 11.8 Å². The first-order valence-corrected chi connectivity index (χ1v) is 7.07. The standard InChI is InChI=1S/C15H18BrNO2/c1-15(2,11-17)8-3-4-9-19-14-12(10-18)6-5-7-13(14)16/h5-7,10H,3-4,8-9H2,1-2H3. The Labute approximate surface area is 122 Å². The molecule has 4 heteroatoms. The first-order valence-electron chi connectivity index (χ1n) is 6.28. The van der Waals surface area contributed by atoms with Crippen molar-refractivity contribution in [2.75, 3.05) is 6.61 Å². The zero-order valence-electron chi connectivity index (χ0n) is 11.3. The van der Waals surface area contributed by atoms with Gasteiger partial charge in [-0.25, -0.2) is 0 Å². The van der Waals surface area contributed by atoms with Gasteiger partial charge in [-0.05, 0) is 61.2 Å². The number of para-hydroxylation sites is 1. The normalized spacial score (nSPS) is 10.8. The molecule has 0 aliphatic heterocycles. The highest BCUT2D eigenvalue weighted by Crippen LogP contribution is 2.28. The third-order valence-electron chi connectivity index (χ3n) is 2.87. The molecule has 1 aromatic rings. The summed E-state index contributed by atoms with van der Waals surface area (Å²) < 4.78 is 6.43. The van der Waals surface area contributed by atoms with E-state index < -0.39 is 0 Å². The number of nitriles is 1. The average Bonchev–Trinajstić information content (AvgIpc) is 2.39. The smallest absolute Gasteiger partial charge is 0.153 e. The van der Waals surface area contributed by atoms with Gasteiger partial charge < -0.3 is 4.74 Å². The van der Waals surface area contributed by atoms with Gasteiger partial charge in [0.25, 0.3) is 0 Å². The minimum atomic E-state index is -0.277. The van der Waals surface area contributed by atoms with Crippen molar-refractivity contribution in [1.82, 2.24) is 0 Å². The van der Waals surface area contributed by atoms with Crippen molar-refractivity contribution in [2.24, 2.45) is 5.41 Å². The molecule has 0 heterocycles. The van der Waals surface area contributed by atoms with E-state index in [9.17, 15) is 4.79 Å². The van der Waals surface area contributed by atoms with Gasteiger partial charge in [-0.1, -0.05) is 6.07 Å². The van der Waals surface area contributed by atoms with Crippen molar-refractivity contribution in [3.05, 3.63) is 28.2 Å². The van der Waals surface area contributed by atoms with E-state index in [1.54, 1.807) is 12.1 Å². The molecule has 0 amide bonds. The van der Waals surface area contributed by atoms with Crippen molar-refractivity contribution in [2.45, 2.75) is 33.1 Å². The van der Waals surface area contributed by atoms with Crippen LogP contribution in [0.5, 0.6) is 5.75 Å². The molecular weight excluding hydrogens is 306 g/mol. The van der Waals surface area contributed by atoms with Gasteiger partial charge >= 0.3 is 0 Å². The largest absolute Gasteiger partial charge is 0.492 e. The number of aldehydes is 1. The number of rotatable bonds is 7. The summed E-state index contributed by atoms with van der Waals surface area (Å²) in [6, 6.07) is 7.66. The van der Waals surface area contributed by atoms with Crippen LogP contribution in [0.25, 0.3) is 0 Å². The Morgan fingerprint density at radius 1 is 1.42 bits per heavy atom. The fourth-order valence-electron chi connectivity index (χ4n) is 1.67. The Balaban J connectivity index is 2.43. The maximum atomic E-state index is 10.9. The Kier molecular flexibility index (Phi) is 6.04. The molecule has 0 unspecified atom stereocenters. The summed E-state index contributed by atoms with van der Waals surface area (Å²) in [5.41, 5.74) is 0.271. The molecule has 0 aliphatic rings. The van der Waals surface area contributed by atoms with Gasteiger partial charge in [-0.3, -0.25) is 4.79 Å². The summed E-state index contributed by atoms with van der Waals surface area (Å²) >= 11 is 3.37. The van der Waals surface area contributed by atoms with Gasteiger partial charge in [0.1, 0.15) is 5.75 Å². The quantitative estimate of drug-likeness (QED) is 0.553. The minimum absolute atomic E-state index is 0.277. The zero-order chi connectivity index (χ0) is 14.3. The molecule has 0 spiro atoms. The van der Waals surface area contributed by atoms with Crippen molar-refractivity contribution in [1.29, 1.82) is 5.26 Å². The molecule has 0 saturated carbocycles. The number of carbonyl (C=O) groups excluding carboxylic acids is 1. The fourth-order valence-corrected chi connectivity index (χ4v) is 2.17. The molecule has 102 valence electrons. The lowest BCUT2D eigenvalue weighted by Crippen LogP contribution is -2.08. The van der Waals surface area contributed by atoms with Crippen LogP contribution in [-0.4, -0.2) is 12.9 Å². The van der Waals surface area contributed by atoms with E-state index in [0.29, 0.717) is 17.9 Å². The van der Waals surface area contributed by atoms with Crippen molar-refractivity contribution < 1.29 is 9.53 Å². The lowest BCUT2D eigenvalue weighted by molar-refractivity contribution is 0.111. The molecule has 1 aromatic carbocycles. The van der Waals surface area contributed by atoms with Crippen LogP contribution >= 0.6 is 15.9 Å². The predicted molar refractivity (Wildman–Crippen MR) is 78.3 cm³/mol. The maximum absolute atomic E-state index is 10.9. The van der Waals surface area contributed by atoms with E-state index in [2.05, 4.69) is 22.0 Å². The second kappa shape index (κ2) is 7.30. The Bertz CT molecular complexity index is 478. The van der Waals surface area contributed by atoms with Crippen LogP contribution in [0.4, 0.5) is 0 Å². The highest BCUT2D eigenvalue weighted by Gasteiger charge is 2.15. The van der Waals surface area contributed by atoms with E-state index in [1.165, 1.54) is 0 Å². The van der Waals surface area contributed by atoms with Crippen LogP contribution in [0.2, 0.25) is 0 Å². The number of carbonyl (C=O) groups is 1. The second-order valence-corrected chi connectivity index (χ2v) is 5.93. The first kappa shape index (κ1) is 15.7. The molecule has 0 fully saturated rings. The summed E-state index contributed by atoms with van der Waals surface area (Å²) in [5.74, 6) is 0.594. The predicted octanol–water partition coefficient (Wildman–Crippen LogP) is 4.36. The van der Waals surface area contributed by atoms with Gasteiger partial charge in [-0.2, -0.15) is 5.26 Å². The van der Waals surface area contributed by atoms with Crippen LogP contribution in [0, 0.1) is 16.7 Å². The van der Waals surface area contributed by atoms with Crippen molar-refractivity contribution in [3.63, 3.8) is 0 Å². The number of hydrogen-bond donors (Lipinski definition) is 0. The molecule has 0 bridgehead atoms. The monoisotopic (exact) mass is 323 g/mol. The van der Waals surface area contributed by atoms with Crippen molar-refractivity contribution >= 4 is 22.2 Å². The van der Waals surface area contributed by atoms with Gasteiger partial charge in [0, 0.05) is 0 Å². The summed E-state index contributed by atoms with van der Waals surface area (Å²) in [7, 11) is 0. The second-order valence-electron chi connectivity index (χ2n) is 5.08. The topological polar surface area (TPSA) is 50.1 Å². The third kappa shape index (κ3) is 5.04. The van der Waals surface area contributed by atoms with Gasteiger partial charge in [0.05, 0.1) is 28.1 Å². The van der Waals surface area contributed by atoms with Crippen LogP contribution in [-0.2, 0) is 0 Å². The van der Waals surface area contributed by atoms with Gasteiger partial charge in [0.2, 0.25) is 0 Å². The molecular formula is C15H18BrNO2. The van der Waals surface area contributed by atoms with Crippen LogP contribution < -0.4 is 4.74 Å². The summed E-state index contributed by atoms with van der Waals surface area (Å²) in [6.45, 7) is 4.42. The molecule has 3 nitrogen and oxygen atoms in total. The number of halogens is 1. The summed E-state index contributed by atoms with van der Waals surface area (Å²) in [5, 5.41) is 8.91. The van der Waals surface area contributed by atoms with Crippen LogP contribution in [0.15, 0.2) is 22.7 Å². The molecule has 0 saturated heterocycles. The Hall–Kier alpha value is -1.34. The van der Waals surface area contributed by atoms with E-state index in [-0.39, 0.29) is 5.41 Å². The van der Waals surface area contributed by atoms with E-state index in [1.807, 2.05) is 19.9 Å². The van der Waals surface area contributed by atoms with Gasteiger partial charge in [-0.15, -0.1) is 0 Å². The van der Waals surface area contributed by atoms with E-state index in [4.69, 9.17) is 10.00 Å². The Morgan fingerprint density at radius 2 is 2.16 bits per heavy atom. The van der Waals surface area contributed by atoms with Crippen LogP contribution in [0.1, 0.15) is 43.5 Å². The number of benzene rings is 1. The first-order chi connectivity index (χ1) is 9.00.